The summed E-state index contributed by atoms with van der Waals surface area (Å²) in [7, 11) is 8.20. The van der Waals surface area contributed by atoms with E-state index in [0.717, 1.165) is 29.2 Å². The molecule has 1 nitrogen and oxygen atoms in total. The van der Waals surface area contributed by atoms with E-state index in [-0.39, 0.29) is 5.54 Å². The second kappa shape index (κ2) is 8.76. The molecule has 3 rings (SSSR count). The van der Waals surface area contributed by atoms with E-state index >= 15 is 0 Å². The zero-order chi connectivity index (χ0) is 18.0. The number of hydrogen-bond donors (Lipinski definition) is 0. The molecular weight excluding hydrogens is 389 g/mol. The first-order valence-electron chi connectivity index (χ1n) is 9.26. The summed E-state index contributed by atoms with van der Waals surface area (Å²) in [5.41, 5.74) is 0.972. The normalized spacial score (nSPS) is 34.9. The van der Waals surface area contributed by atoms with Crippen molar-refractivity contribution in [1.29, 1.82) is 0 Å². The van der Waals surface area contributed by atoms with E-state index in [2.05, 4.69) is 58.2 Å². The molecule has 3 aliphatic rings. The van der Waals surface area contributed by atoms with Crippen LogP contribution in [-0.2, 0) is 17.0 Å². The number of halogens is 2. The zero-order valence-corrected chi connectivity index (χ0v) is 19.8. The van der Waals surface area contributed by atoms with Crippen LogP contribution in [0.15, 0.2) is 24.3 Å². The van der Waals surface area contributed by atoms with Crippen LogP contribution in [0.25, 0.3) is 4.98 Å². The van der Waals surface area contributed by atoms with Crippen LogP contribution in [-0.4, -0.2) is 13.8 Å². The Hall–Kier alpha value is 0.951. The van der Waals surface area contributed by atoms with Crippen LogP contribution in [0.5, 0.6) is 0 Å². The summed E-state index contributed by atoms with van der Waals surface area (Å²) in [6.07, 6.45) is 15.5. The second-order valence-corrected chi connectivity index (χ2v) is 15.8. The van der Waals surface area contributed by atoms with Crippen molar-refractivity contribution in [3.63, 3.8) is 0 Å². The van der Waals surface area contributed by atoms with Gasteiger partial charge in [0.05, 0.1) is 0 Å². The topological polar surface area (TPSA) is 14.1 Å². The van der Waals surface area contributed by atoms with Crippen molar-refractivity contribution >= 4 is 26.8 Å². The van der Waals surface area contributed by atoms with E-state index < -0.39 is 25.3 Å². The molecule has 0 radical (unpaired) electrons. The van der Waals surface area contributed by atoms with Gasteiger partial charge in [-0.25, -0.2) is 0 Å². The van der Waals surface area contributed by atoms with Gasteiger partial charge in [-0.05, 0) is 30.1 Å². The molecule has 0 aromatic heterocycles. The van der Waals surface area contributed by atoms with Crippen molar-refractivity contribution in [1.82, 2.24) is 0 Å². The Morgan fingerprint density at radius 2 is 1.46 bits per heavy atom. The summed E-state index contributed by atoms with van der Waals surface area (Å²) in [4.78, 5) is 5.39. The predicted octanol–water partition coefficient (Wildman–Crippen LogP) is 7.29. The minimum atomic E-state index is -1.58. The van der Waals surface area contributed by atoms with Crippen LogP contribution in [0.3, 0.4) is 0 Å². The van der Waals surface area contributed by atoms with Crippen LogP contribution >= 0.6 is 18.6 Å². The molecule has 2 fully saturated rings. The Balaban J connectivity index is 0.000000647. The third-order valence-electron chi connectivity index (χ3n) is 5.91. The number of nitrogens with zero attached hydrogens (tertiary/aromatic N) is 1. The Labute approximate surface area is 166 Å². The molecule has 0 aromatic carbocycles. The van der Waals surface area contributed by atoms with Gasteiger partial charge in [0, 0.05) is 0 Å². The Bertz CT molecular complexity index is 472. The van der Waals surface area contributed by atoms with Crippen molar-refractivity contribution in [3.05, 3.63) is 29.3 Å². The number of fused-ring (bicyclic) bond motifs is 3. The standard InChI is InChI=1S/C19H32NSi.2ClH.Ti/c1-19(2,3)20-21(4,5)18-16-12-8-6-10-14(16)15-11-7-9-13-17(15)18;;;/h6,8,10,12,14-18H,7,9,11,13H2,1-5H3;2*1H;/q-1;;;+2/p-2. The fraction of sp³-hybridized carbons (Fsp3) is 0.789. The fourth-order valence-electron chi connectivity index (χ4n) is 5.76. The molecule has 0 spiro atoms. The average Bonchev–Trinajstić information content (AvgIpc) is 2.81. The van der Waals surface area contributed by atoms with Gasteiger partial charge in [-0.15, -0.1) is 5.54 Å². The van der Waals surface area contributed by atoms with Crippen molar-refractivity contribution in [2.75, 3.05) is 0 Å². The summed E-state index contributed by atoms with van der Waals surface area (Å²) in [6.45, 7) is 11.9. The monoisotopic (exact) mass is 420 g/mol. The van der Waals surface area contributed by atoms with Gasteiger partial charge in [-0.1, -0.05) is 91.2 Å². The van der Waals surface area contributed by atoms with E-state index in [4.69, 9.17) is 23.6 Å². The summed E-state index contributed by atoms with van der Waals surface area (Å²) >= 11 is -0.556. The molecule has 0 saturated heterocycles. The van der Waals surface area contributed by atoms with Gasteiger partial charge < -0.3 is 4.98 Å². The van der Waals surface area contributed by atoms with Gasteiger partial charge in [0.25, 0.3) is 0 Å². The second-order valence-electron chi connectivity index (χ2n) is 9.07. The van der Waals surface area contributed by atoms with E-state index in [1.165, 1.54) is 25.7 Å². The maximum absolute atomic E-state index is 5.39. The minimum absolute atomic E-state index is 0.117. The van der Waals surface area contributed by atoms with Crippen LogP contribution in [0.4, 0.5) is 0 Å². The molecular formula is C19H32Cl2NSiTi-. The third kappa shape index (κ3) is 5.02. The van der Waals surface area contributed by atoms with Gasteiger partial charge in [0.1, 0.15) is 0 Å². The van der Waals surface area contributed by atoms with E-state index in [0.29, 0.717) is 0 Å². The SMILES string of the molecule is CC(C)(C)[N-][Si](C)(C)C1C2C=CC=CC2C2CCCCC21.[Cl][Ti][Cl]. The first-order valence-corrected chi connectivity index (χ1v) is 16.6. The van der Waals surface area contributed by atoms with Crippen LogP contribution in [0, 0.1) is 23.7 Å². The quantitative estimate of drug-likeness (QED) is 0.416. The number of hydrogen-bond acceptors (Lipinski definition) is 0. The summed E-state index contributed by atoms with van der Waals surface area (Å²) in [5.74, 6) is 3.47. The summed E-state index contributed by atoms with van der Waals surface area (Å²) < 4.78 is 0. The number of allylic oxidation sites excluding steroid dienone is 4. The molecule has 0 bridgehead atoms. The first-order chi connectivity index (χ1) is 11.2. The van der Waals surface area contributed by atoms with E-state index in [1.807, 2.05) is 0 Å². The molecule has 0 aliphatic heterocycles. The predicted molar refractivity (Wildman–Crippen MR) is 107 cm³/mol. The van der Waals surface area contributed by atoms with Crippen molar-refractivity contribution < 1.29 is 17.0 Å². The van der Waals surface area contributed by atoms with Crippen molar-refractivity contribution in [2.45, 2.75) is 70.6 Å². The van der Waals surface area contributed by atoms with Gasteiger partial charge in [-0.2, -0.15) is 0 Å². The Kier molecular flexibility index (Phi) is 7.76. The third-order valence-corrected chi connectivity index (χ3v) is 9.60. The van der Waals surface area contributed by atoms with Gasteiger partial charge in [-0.3, -0.25) is 0 Å². The molecule has 0 heterocycles. The molecule has 0 amide bonds. The Morgan fingerprint density at radius 1 is 0.958 bits per heavy atom. The Morgan fingerprint density at radius 3 is 2.00 bits per heavy atom. The van der Waals surface area contributed by atoms with Gasteiger partial charge in [0.2, 0.25) is 0 Å². The molecule has 0 N–H and O–H groups in total. The molecule has 24 heavy (non-hydrogen) atoms. The van der Waals surface area contributed by atoms with Crippen molar-refractivity contribution in [2.24, 2.45) is 23.7 Å². The first kappa shape index (κ1) is 21.3. The molecule has 3 aliphatic carbocycles. The van der Waals surface area contributed by atoms with Gasteiger partial charge in [0.15, 0.2) is 0 Å². The molecule has 0 aromatic rings. The van der Waals surface area contributed by atoms with Crippen molar-refractivity contribution in [3.8, 4) is 0 Å². The maximum atomic E-state index is 5.39. The van der Waals surface area contributed by atoms with Crippen LogP contribution in [0.2, 0.25) is 18.6 Å². The van der Waals surface area contributed by atoms with E-state index in [1.54, 1.807) is 0 Å². The van der Waals surface area contributed by atoms with Crippen LogP contribution < -0.4 is 0 Å². The van der Waals surface area contributed by atoms with Gasteiger partial charge >= 0.3 is 35.6 Å². The zero-order valence-electron chi connectivity index (χ0n) is 15.7. The summed E-state index contributed by atoms with van der Waals surface area (Å²) in [6, 6.07) is 0. The molecule has 5 atom stereocenters. The van der Waals surface area contributed by atoms with E-state index in [9.17, 15) is 0 Å². The summed E-state index contributed by atoms with van der Waals surface area (Å²) in [5, 5.41) is 0. The number of rotatable bonds is 2. The molecule has 136 valence electrons. The molecule has 5 unspecified atom stereocenters. The fourth-order valence-corrected chi connectivity index (χ4v) is 10.4. The average molecular weight is 421 g/mol. The van der Waals surface area contributed by atoms with Crippen LogP contribution in [0.1, 0.15) is 46.5 Å². The molecule has 5 heteroatoms. The molecule has 2 saturated carbocycles.